The molecule has 5 rings (SSSR count). The summed E-state index contributed by atoms with van der Waals surface area (Å²) in [5.41, 5.74) is 3.91. The Morgan fingerprint density at radius 2 is 1.94 bits per heavy atom. The molecule has 8 heteroatoms. The summed E-state index contributed by atoms with van der Waals surface area (Å²) < 4.78 is 6.68. The molecule has 1 aromatic carbocycles. The molecule has 3 heterocycles. The Labute approximate surface area is 188 Å². The van der Waals surface area contributed by atoms with Crippen molar-refractivity contribution in [1.29, 1.82) is 0 Å². The fourth-order valence-electron chi connectivity index (χ4n) is 3.26. The molecule has 0 saturated carbocycles. The summed E-state index contributed by atoms with van der Waals surface area (Å²) in [6.07, 6.45) is 12.2. The largest absolute Gasteiger partial charge is 0.342 e. The van der Waals surface area contributed by atoms with E-state index in [4.69, 9.17) is 21.2 Å². The number of nitrogens with zero attached hydrogens (tertiary/aromatic N) is 5. The normalized spacial score (nSPS) is 15.8. The Kier molecular flexibility index (Phi) is 5.44. The van der Waals surface area contributed by atoms with Crippen molar-refractivity contribution in [3.8, 4) is 28.5 Å². The Hall–Kier alpha value is -3.16. The Morgan fingerprint density at radius 3 is 2.61 bits per heavy atom. The molecule has 0 fully saturated rings. The highest BCUT2D eigenvalue weighted by Crippen LogP contribution is 2.37. The molecule has 6 nitrogen and oxygen atoms in total. The van der Waals surface area contributed by atoms with Crippen molar-refractivity contribution >= 4 is 23.4 Å². The van der Waals surface area contributed by atoms with Gasteiger partial charge in [-0.2, -0.15) is 10.1 Å². The molecule has 0 spiro atoms. The zero-order valence-electron chi connectivity index (χ0n) is 16.6. The van der Waals surface area contributed by atoms with E-state index in [0.29, 0.717) is 11.1 Å². The average molecular weight is 448 g/mol. The monoisotopic (exact) mass is 447 g/mol. The molecular weight excluding hydrogens is 430 g/mol. The zero-order valence-corrected chi connectivity index (χ0v) is 18.2. The number of aryl methyl sites for hydroxylation is 1. The quantitative estimate of drug-likeness (QED) is 0.383. The molecule has 0 amide bonds. The number of rotatable bonds is 5. The van der Waals surface area contributed by atoms with Crippen LogP contribution in [0.15, 0.2) is 87.9 Å². The van der Waals surface area contributed by atoms with Gasteiger partial charge in [0.05, 0.1) is 4.90 Å². The van der Waals surface area contributed by atoms with Crippen LogP contribution in [0.1, 0.15) is 12.0 Å². The molecule has 31 heavy (non-hydrogen) atoms. The van der Waals surface area contributed by atoms with Crippen LogP contribution in [0.5, 0.6) is 0 Å². The number of hydrogen-bond acceptors (Lipinski definition) is 6. The lowest BCUT2D eigenvalue weighted by Gasteiger charge is -2.13. The highest BCUT2D eigenvalue weighted by Gasteiger charge is 2.18. The second-order valence-electron chi connectivity index (χ2n) is 7.15. The van der Waals surface area contributed by atoms with Gasteiger partial charge in [0.1, 0.15) is 5.69 Å². The first-order valence-electron chi connectivity index (χ1n) is 9.76. The molecule has 4 aromatic rings. The van der Waals surface area contributed by atoms with Crippen LogP contribution in [0.2, 0.25) is 0 Å². The van der Waals surface area contributed by atoms with Crippen LogP contribution in [-0.4, -0.2) is 30.2 Å². The van der Waals surface area contributed by atoms with Crippen LogP contribution >= 0.6 is 23.4 Å². The summed E-state index contributed by atoms with van der Waals surface area (Å²) in [6, 6.07) is 12.0. The molecule has 1 atom stereocenters. The number of allylic oxidation sites excluding steroid dienone is 3. The average Bonchev–Trinajstić information content (AvgIpc) is 3.47. The predicted octanol–water partition coefficient (Wildman–Crippen LogP) is 5.84. The highest BCUT2D eigenvalue weighted by molar-refractivity contribution is 8.00. The van der Waals surface area contributed by atoms with Gasteiger partial charge in [-0.05, 0) is 31.1 Å². The fraction of sp³-hybridized carbons (Fsp3) is 0.130. The molecule has 154 valence electrons. The van der Waals surface area contributed by atoms with Crippen LogP contribution in [0.3, 0.4) is 0 Å². The minimum absolute atomic E-state index is 0.295. The van der Waals surface area contributed by atoms with E-state index >= 15 is 0 Å². The van der Waals surface area contributed by atoms with Gasteiger partial charge >= 0.3 is 0 Å². The first-order valence-corrected chi connectivity index (χ1v) is 11.0. The van der Waals surface area contributed by atoms with Crippen molar-refractivity contribution in [3.63, 3.8) is 0 Å². The standard InChI is InChI=1S/C23H18ClN5OS/c1-15-2-11-21(25-12-15)29-13-20(31-19-9-7-18(24)8-10-19)22(27-29)16-3-5-17(6-4-16)23-26-14-30-28-23/h2-9,11-14,19H,10H2,1H3. The van der Waals surface area contributed by atoms with E-state index in [9.17, 15) is 0 Å². The topological polar surface area (TPSA) is 69.6 Å². The Bertz CT molecular complexity index is 1240. The van der Waals surface area contributed by atoms with E-state index < -0.39 is 0 Å². The minimum atomic E-state index is 0.295. The molecule has 0 saturated heterocycles. The third-order valence-electron chi connectivity index (χ3n) is 4.88. The first-order chi connectivity index (χ1) is 15.2. The van der Waals surface area contributed by atoms with Crippen molar-refractivity contribution in [2.45, 2.75) is 23.5 Å². The van der Waals surface area contributed by atoms with Crippen molar-refractivity contribution in [2.75, 3.05) is 0 Å². The molecule has 1 aliphatic rings. The summed E-state index contributed by atoms with van der Waals surface area (Å²) in [7, 11) is 0. The van der Waals surface area contributed by atoms with Gasteiger partial charge in [-0.25, -0.2) is 9.67 Å². The number of thioether (sulfide) groups is 1. The Balaban J connectivity index is 1.51. The van der Waals surface area contributed by atoms with Gasteiger partial charge in [0.15, 0.2) is 5.82 Å². The lowest BCUT2D eigenvalue weighted by molar-refractivity contribution is 0.419. The van der Waals surface area contributed by atoms with E-state index in [1.54, 1.807) is 11.8 Å². The smallest absolute Gasteiger partial charge is 0.214 e. The fourth-order valence-corrected chi connectivity index (χ4v) is 4.53. The summed E-state index contributed by atoms with van der Waals surface area (Å²) in [6.45, 7) is 2.02. The van der Waals surface area contributed by atoms with Crippen molar-refractivity contribution in [3.05, 3.63) is 84.0 Å². The Morgan fingerprint density at radius 1 is 1.10 bits per heavy atom. The maximum atomic E-state index is 6.09. The maximum Gasteiger partial charge on any atom is 0.214 e. The van der Waals surface area contributed by atoms with Crippen LogP contribution in [0.4, 0.5) is 0 Å². The van der Waals surface area contributed by atoms with Gasteiger partial charge in [0, 0.05) is 33.8 Å². The minimum Gasteiger partial charge on any atom is -0.342 e. The molecule has 1 unspecified atom stereocenters. The maximum absolute atomic E-state index is 6.09. The van der Waals surface area contributed by atoms with Gasteiger partial charge in [-0.1, -0.05) is 59.2 Å². The molecule has 1 aliphatic carbocycles. The molecule has 0 radical (unpaired) electrons. The molecule has 0 bridgehead atoms. The summed E-state index contributed by atoms with van der Waals surface area (Å²) in [5, 5.41) is 9.85. The van der Waals surface area contributed by atoms with E-state index in [2.05, 4.69) is 21.2 Å². The van der Waals surface area contributed by atoms with Gasteiger partial charge < -0.3 is 4.52 Å². The first kappa shape index (κ1) is 19.8. The van der Waals surface area contributed by atoms with Crippen molar-refractivity contribution in [2.24, 2.45) is 0 Å². The zero-order chi connectivity index (χ0) is 21.2. The number of hydrogen-bond donors (Lipinski definition) is 0. The molecule has 0 aliphatic heterocycles. The second-order valence-corrected chi connectivity index (χ2v) is 8.87. The number of benzene rings is 1. The van der Waals surface area contributed by atoms with E-state index in [0.717, 1.165) is 44.6 Å². The lowest BCUT2D eigenvalue weighted by Crippen LogP contribution is -2.00. The second kappa shape index (κ2) is 8.53. The van der Waals surface area contributed by atoms with Crippen molar-refractivity contribution in [1.82, 2.24) is 24.9 Å². The molecule has 0 N–H and O–H groups in total. The van der Waals surface area contributed by atoms with Crippen LogP contribution < -0.4 is 0 Å². The highest BCUT2D eigenvalue weighted by atomic mass is 35.5. The number of halogens is 1. The van der Waals surface area contributed by atoms with Gasteiger partial charge in [0.25, 0.3) is 0 Å². The molecule has 3 aromatic heterocycles. The van der Waals surface area contributed by atoms with Crippen LogP contribution in [-0.2, 0) is 0 Å². The van der Waals surface area contributed by atoms with Gasteiger partial charge in [-0.15, -0.1) is 11.8 Å². The van der Waals surface area contributed by atoms with Gasteiger partial charge in [0.2, 0.25) is 12.2 Å². The summed E-state index contributed by atoms with van der Waals surface area (Å²) >= 11 is 7.86. The third kappa shape index (κ3) is 4.33. The van der Waals surface area contributed by atoms with Crippen LogP contribution in [0, 0.1) is 6.92 Å². The SMILES string of the molecule is Cc1ccc(-n2cc(SC3C=CC(Cl)=CC3)c(-c3ccc(-c4ncon4)cc3)n2)nc1. The number of pyridine rings is 1. The number of aromatic nitrogens is 5. The van der Waals surface area contributed by atoms with E-state index in [-0.39, 0.29) is 0 Å². The predicted molar refractivity (Wildman–Crippen MR) is 122 cm³/mol. The third-order valence-corrected chi connectivity index (χ3v) is 6.37. The summed E-state index contributed by atoms with van der Waals surface area (Å²) in [5.74, 6) is 1.34. The van der Waals surface area contributed by atoms with E-state index in [1.807, 2.05) is 72.5 Å². The van der Waals surface area contributed by atoms with Crippen molar-refractivity contribution < 1.29 is 4.52 Å². The van der Waals surface area contributed by atoms with E-state index in [1.165, 1.54) is 6.39 Å². The lowest BCUT2D eigenvalue weighted by atomic mass is 10.1. The summed E-state index contributed by atoms with van der Waals surface area (Å²) in [4.78, 5) is 9.71. The van der Waals surface area contributed by atoms with Crippen LogP contribution in [0.25, 0.3) is 28.5 Å². The van der Waals surface area contributed by atoms with Gasteiger partial charge in [-0.3, -0.25) is 0 Å². The molecular formula is C23H18ClN5OS.